The maximum atomic E-state index is 13.7. The van der Waals surface area contributed by atoms with Crippen molar-refractivity contribution in [3.63, 3.8) is 0 Å². The minimum Gasteiger partial charge on any atom is -0.335 e. The van der Waals surface area contributed by atoms with Crippen LogP contribution in [0.15, 0.2) is 42.6 Å². The number of alkyl halides is 3. The first-order chi connectivity index (χ1) is 19.5. The summed E-state index contributed by atoms with van der Waals surface area (Å²) in [5.74, 6) is -0.00258. The quantitative estimate of drug-likeness (QED) is 0.372. The zero-order valence-electron chi connectivity index (χ0n) is 22.9. The lowest BCUT2D eigenvalue weighted by Crippen LogP contribution is -2.47. The molecule has 4 heterocycles. The lowest BCUT2D eigenvalue weighted by Gasteiger charge is -2.32. The minimum absolute atomic E-state index is 0.151. The normalized spacial score (nSPS) is 16.4. The van der Waals surface area contributed by atoms with Gasteiger partial charge in [-0.15, -0.1) is 0 Å². The Morgan fingerprint density at radius 2 is 1.71 bits per heavy atom. The smallest absolute Gasteiger partial charge is 0.335 e. The van der Waals surface area contributed by atoms with E-state index in [0.29, 0.717) is 71.1 Å². The second-order valence-corrected chi connectivity index (χ2v) is 10.6. The van der Waals surface area contributed by atoms with Crippen LogP contribution in [-0.4, -0.2) is 81.1 Å². The number of aryl methyl sites for hydroxylation is 1. The van der Waals surface area contributed by atoms with Gasteiger partial charge in [-0.2, -0.15) is 18.3 Å². The Morgan fingerprint density at radius 3 is 2.41 bits per heavy atom. The van der Waals surface area contributed by atoms with Gasteiger partial charge in [0.25, 0.3) is 11.8 Å². The highest BCUT2D eigenvalue weighted by Gasteiger charge is 2.34. The number of hydrogen-bond donors (Lipinski definition) is 0. The number of hydrogen-bond acceptors (Lipinski definition) is 6. The summed E-state index contributed by atoms with van der Waals surface area (Å²) in [6, 6.07) is 8.85. The molecule has 0 saturated carbocycles. The highest BCUT2D eigenvalue weighted by Crippen LogP contribution is 2.33. The number of amides is 2. The van der Waals surface area contributed by atoms with Gasteiger partial charge in [-0.25, -0.2) is 9.97 Å². The number of benzene rings is 2. The fourth-order valence-electron chi connectivity index (χ4n) is 5.45. The van der Waals surface area contributed by atoms with Crippen LogP contribution in [0.1, 0.15) is 37.7 Å². The van der Waals surface area contributed by atoms with Crippen molar-refractivity contribution in [2.24, 2.45) is 0 Å². The summed E-state index contributed by atoms with van der Waals surface area (Å²) < 4.78 is 40.8. The van der Waals surface area contributed by atoms with E-state index >= 15 is 0 Å². The Labute approximate surface area is 234 Å². The first-order valence-electron chi connectivity index (χ1n) is 13.3. The third-order valence-corrected chi connectivity index (χ3v) is 7.82. The summed E-state index contributed by atoms with van der Waals surface area (Å²) in [4.78, 5) is 41.3. The summed E-state index contributed by atoms with van der Waals surface area (Å²) in [5.41, 5.74) is 3.17. The topological polar surface area (TPSA) is 87.5 Å². The number of carbonyl (C=O) groups excluding carboxylic acids is 2. The Morgan fingerprint density at radius 1 is 0.951 bits per heavy atom. The maximum absolute atomic E-state index is 13.7. The number of nitrogens with zero attached hydrogens (tertiary/aromatic N) is 7. The van der Waals surface area contributed by atoms with Crippen molar-refractivity contribution in [3.8, 4) is 11.4 Å². The lowest BCUT2D eigenvalue weighted by molar-refractivity contribution is -0.137. The molecule has 41 heavy (non-hydrogen) atoms. The molecule has 2 aromatic heterocycles. The predicted octanol–water partition coefficient (Wildman–Crippen LogP) is 4.18. The highest BCUT2D eigenvalue weighted by atomic mass is 19.4. The van der Waals surface area contributed by atoms with Crippen molar-refractivity contribution in [2.45, 2.75) is 26.6 Å². The van der Waals surface area contributed by atoms with Crippen LogP contribution in [-0.2, 0) is 12.7 Å². The van der Waals surface area contributed by atoms with Gasteiger partial charge in [-0.3, -0.25) is 14.3 Å². The molecule has 2 amide bonds. The summed E-state index contributed by atoms with van der Waals surface area (Å²) in [6.07, 6.45) is -3.06. The van der Waals surface area contributed by atoms with Crippen molar-refractivity contribution < 1.29 is 22.8 Å². The first kappa shape index (κ1) is 26.9. The molecule has 0 N–H and O–H groups in total. The first-order valence-corrected chi connectivity index (χ1v) is 13.3. The number of anilines is 1. The average molecular weight is 564 g/mol. The number of fused-ring (bicyclic) bond motifs is 2. The van der Waals surface area contributed by atoms with Crippen LogP contribution in [0.2, 0.25) is 0 Å². The third kappa shape index (κ3) is 4.82. The van der Waals surface area contributed by atoms with Gasteiger partial charge in [0.2, 0.25) is 0 Å². The summed E-state index contributed by atoms with van der Waals surface area (Å²) in [5, 5.41) is 4.83. The molecule has 1 fully saturated rings. The van der Waals surface area contributed by atoms with E-state index < -0.39 is 11.7 Å². The standard InChI is InChI=1S/C29H28F3N7O2/c1-17-14-19(26-33-16-20-15-21(29(30,31)32)5-6-22(20)34-26)4-7-23(17)38-12-13-39-25(28(38)41)18(2)24(35-39)27(40)37-10-8-36(3)9-11-37/h4-7,14-16H,8-13H2,1-3H3. The molecule has 12 heteroatoms. The van der Waals surface area contributed by atoms with Crippen LogP contribution < -0.4 is 4.90 Å². The van der Waals surface area contributed by atoms with E-state index in [1.165, 1.54) is 12.3 Å². The Kier molecular flexibility index (Phi) is 6.52. The number of rotatable bonds is 3. The zero-order chi connectivity index (χ0) is 29.1. The van der Waals surface area contributed by atoms with Crippen LogP contribution in [0.3, 0.4) is 0 Å². The molecule has 0 aliphatic carbocycles. The van der Waals surface area contributed by atoms with Crippen LogP contribution in [0.4, 0.5) is 18.9 Å². The van der Waals surface area contributed by atoms with Crippen LogP contribution in [0, 0.1) is 13.8 Å². The molecule has 2 aromatic carbocycles. The highest BCUT2D eigenvalue weighted by molar-refractivity contribution is 6.09. The lowest BCUT2D eigenvalue weighted by atomic mass is 10.1. The predicted molar refractivity (Wildman–Crippen MR) is 147 cm³/mol. The summed E-state index contributed by atoms with van der Waals surface area (Å²) >= 11 is 0. The minimum atomic E-state index is -4.44. The molecule has 0 radical (unpaired) electrons. The van der Waals surface area contributed by atoms with Gasteiger partial charge >= 0.3 is 6.18 Å². The van der Waals surface area contributed by atoms with E-state index in [0.717, 1.165) is 30.8 Å². The fourth-order valence-corrected chi connectivity index (χ4v) is 5.45. The van der Waals surface area contributed by atoms with E-state index in [4.69, 9.17) is 0 Å². The second kappa shape index (κ2) is 9.95. The largest absolute Gasteiger partial charge is 0.416 e. The molecule has 6 rings (SSSR count). The Hall–Kier alpha value is -4.32. The van der Waals surface area contributed by atoms with Crippen LogP contribution >= 0.6 is 0 Å². The monoisotopic (exact) mass is 563 g/mol. The molecule has 0 atom stereocenters. The molecule has 0 spiro atoms. The summed E-state index contributed by atoms with van der Waals surface area (Å²) in [6.45, 7) is 7.33. The number of aromatic nitrogens is 4. The third-order valence-electron chi connectivity index (χ3n) is 7.82. The number of halogens is 3. The van der Waals surface area contributed by atoms with Gasteiger partial charge < -0.3 is 14.7 Å². The number of likely N-dealkylation sites (N-methyl/N-ethyl adjacent to an activating group) is 1. The van der Waals surface area contributed by atoms with E-state index in [2.05, 4.69) is 20.0 Å². The van der Waals surface area contributed by atoms with Crippen molar-refractivity contribution in [1.82, 2.24) is 29.5 Å². The van der Waals surface area contributed by atoms with Crippen LogP contribution in [0.25, 0.3) is 22.3 Å². The second-order valence-electron chi connectivity index (χ2n) is 10.6. The molecule has 0 bridgehead atoms. The molecular weight excluding hydrogens is 535 g/mol. The molecule has 4 aromatic rings. The van der Waals surface area contributed by atoms with Gasteiger partial charge in [0.05, 0.1) is 17.6 Å². The van der Waals surface area contributed by atoms with Crippen molar-refractivity contribution in [3.05, 3.63) is 70.7 Å². The summed E-state index contributed by atoms with van der Waals surface area (Å²) in [7, 11) is 2.02. The molecule has 1 saturated heterocycles. The van der Waals surface area contributed by atoms with Gasteiger partial charge in [-0.05, 0) is 62.9 Å². The van der Waals surface area contributed by atoms with E-state index in [9.17, 15) is 22.8 Å². The molecule has 9 nitrogen and oxygen atoms in total. The fraction of sp³-hybridized carbons (Fsp3) is 0.345. The zero-order valence-corrected chi connectivity index (χ0v) is 22.9. The Bertz CT molecular complexity index is 1690. The average Bonchev–Trinajstić information content (AvgIpc) is 3.29. The van der Waals surface area contributed by atoms with Gasteiger partial charge in [0.1, 0.15) is 5.69 Å². The van der Waals surface area contributed by atoms with Gasteiger partial charge in [0.15, 0.2) is 11.5 Å². The van der Waals surface area contributed by atoms with Crippen molar-refractivity contribution in [1.29, 1.82) is 0 Å². The SMILES string of the molecule is Cc1cc(-c2ncc3cc(C(F)(F)F)ccc3n2)ccc1N1CCn2nc(C(=O)N3CCN(C)CC3)c(C)c2C1=O. The molecule has 0 unspecified atom stereocenters. The Balaban J connectivity index is 1.25. The van der Waals surface area contributed by atoms with E-state index in [1.54, 1.807) is 27.5 Å². The number of carbonyl (C=O) groups is 2. The van der Waals surface area contributed by atoms with Crippen LogP contribution in [0.5, 0.6) is 0 Å². The molecule has 212 valence electrons. The molecule has 2 aliphatic rings. The van der Waals surface area contributed by atoms with E-state index in [-0.39, 0.29) is 11.8 Å². The number of piperazine rings is 1. The molecule has 2 aliphatic heterocycles. The van der Waals surface area contributed by atoms with Crippen molar-refractivity contribution >= 4 is 28.4 Å². The maximum Gasteiger partial charge on any atom is 0.416 e. The van der Waals surface area contributed by atoms with Gasteiger partial charge in [0, 0.05) is 61.1 Å². The van der Waals surface area contributed by atoms with Crippen molar-refractivity contribution in [2.75, 3.05) is 44.7 Å². The van der Waals surface area contributed by atoms with Gasteiger partial charge in [-0.1, -0.05) is 0 Å². The van der Waals surface area contributed by atoms with E-state index in [1.807, 2.05) is 26.1 Å². The molecular formula is C29H28F3N7O2.